The molecule has 0 saturated carbocycles. The fourth-order valence-electron chi connectivity index (χ4n) is 1.76. The summed E-state index contributed by atoms with van der Waals surface area (Å²) >= 11 is 5.85. The predicted octanol–water partition coefficient (Wildman–Crippen LogP) is 3.19. The number of benzene rings is 1. The molecule has 0 aliphatic heterocycles. The van der Waals surface area contributed by atoms with Crippen molar-refractivity contribution >= 4 is 11.6 Å². The molecule has 1 aromatic rings. The minimum absolute atomic E-state index is 0.0848. The van der Waals surface area contributed by atoms with Gasteiger partial charge in [-0.15, -0.1) is 0 Å². The molecule has 0 aliphatic rings. The van der Waals surface area contributed by atoms with Gasteiger partial charge in [-0.25, -0.2) is 0 Å². The van der Waals surface area contributed by atoms with E-state index in [-0.39, 0.29) is 18.4 Å². The second-order valence-corrected chi connectivity index (χ2v) is 4.57. The van der Waals surface area contributed by atoms with Crippen LogP contribution in [0.3, 0.4) is 0 Å². The highest BCUT2D eigenvalue weighted by Crippen LogP contribution is 2.24. The van der Waals surface area contributed by atoms with E-state index in [4.69, 9.17) is 16.7 Å². The first kappa shape index (κ1) is 16.1. The maximum Gasteiger partial charge on any atom is 0.387 e. The lowest BCUT2D eigenvalue weighted by atomic mass is 10.1. The minimum Gasteiger partial charge on any atom is -0.434 e. The first-order chi connectivity index (χ1) is 9.06. The first-order valence-corrected chi connectivity index (χ1v) is 6.52. The molecule has 19 heavy (non-hydrogen) atoms. The average molecular weight is 294 g/mol. The van der Waals surface area contributed by atoms with Crippen molar-refractivity contribution in [2.45, 2.75) is 39.0 Å². The van der Waals surface area contributed by atoms with E-state index in [2.05, 4.69) is 10.1 Å². The molecule has 1 unspecified atom stereocenters. The SMILES string of the molecule is CCC(CCO)NCc1cc(Cl)ccc1OC(F)F. The van der Waals surface area contributed by atoms with Crippen LogP contribution < -0.4 is 10.1 Å². The van der Waals surface area contributed by atoms with Gasteiger partial charge in [0.2, 0.25) is 0 Å². The van der Waals surface area contributed by atoms with Crippen LogP contribution in [0.4, 0.5) is 8.78 Å². The van der Waals surface area contributed by atoms with E-state index in [1.807, 2.05) is 6.92 Å². The van der Waals surface area contributed by atoms with E-state index in [9.17, 15) is 8.78 Å². The molecule has 0 aromatic heterocycles. The summed E-state index contributed by atoms with van der Waals surface area (Å²) < 4.78 is 29.0. The van der Waals surface area contributed by atoms with Crippen LogP contribution in [0, 0.1) is 0 Å². The maximum atomic E-state index is 12.3. The number of alkyl halides is 2. The Morgan fingerprint density at radius 2 is 2.16 bits per heavy atom. The highest BCUT2D eigenvalue weighted by atomic mass is 35.5. The number of rotatable bonds is 8. The molecule has 108 valence electrons. The molecule has 0 saturated heterocycles. The van der Waals surface area contributed by atoms with E-state index in [1.54, 1.807) is 6.07 Å². The molecule has 0 aliphatic carbocycles. The maximum absolute atomic E-state index is 12.3. The Labute approximate surface area is 116 Å². The zero-order chi connectivity index (χ0) is 14.3. The van der Waals surface area contributed by atoms with E-state index < -0.39 is 6.61 Å². The summed E-state index contributed by atoms with van der Waals surface area (Å²) in [6.07, 6.45) is 1.45. The topological polar surface area (TPSA) is 41.5 Å². The highest BCUT2D eigenvalue weighted by Gasteiger charge is 2.12. The van der Waals surface area contributed by atoms with Gasteiger partial charge in [0.1, 0.15) is 5.75 Å². The molecular formula is C13H18ClF2NO2. The molecule has 0 radical (unpaired) electrons. The highest BCUT2D eigenvalue weighted by molar-refractivity contribution is 6.30. The Kier molecular flexibility index (Phi) is 7.05. The summed E-state index contributed by atoms with van der Waals surface area (Å²) in [5, 5.41) is 12.5. The molecule has 1 rings (SSSR count). The number of ether oxygens (including phenoxy) is 1. The Balaban J connectivity index is 2.71. The standard InChI is InChI=1S/C13H18ClF2NO2/c1-2-11(5-6-18)17-8-9-7-10(14)3-4-12(9)19-13(15)16/h3-4,7,11,13,17-18H,2,5-6,8H2,1H3. The van der Waals surface area contributed by atoms with Crippen molar-refractivity contribution in [2.24, 2.45) is 0 Å². The summed E-state index contributed by atoms with van der Waals surface area (Å²) in [6.45, 7) is -0.427. The van der Waals surface area contributed by atoms with Gasteiger partial charge in [-0.05, 0) is 31.0 Å². The lowest BCUT2D eigenvalue weighted by Gasteiger charge is -2.17. The number of nitrogens with one attached hydrogen (secondary N) is 1. The molecule has 0 heterocycles. The second-order valence-electron chi connectivity index (χ2n) is 4.13. The molecular weight excluding hydrogens is 276 g/mol. The Bertz CT molecular complexity index is 391. The normalized spacial score (nSPS) is 12.7. The number of hydrogen-bond donors (Lipinski definition) is 2. The van der Waals surface area contributed by atoms with Crippen LogP contribution in [0.1, 0.15) is 25.3 Å². The summed E-state index contributed by atoms with van der Waals surface area (Å²) in [5.41, 5.74) is 0.573. The molecule has 1 aromatic carbocycles. The molecule has 1 atom stereocenters. The lowest BCUT2D eigenvalue weighted by molar-refractivity contribution is -0.0505. The van der Waals surface area contributed by atoms with Crippen molar-refractivity contribution in [2.75, 3.05) is 6.61 Å². The van der Waals surface area contributed by atoms with Crippen LogP contribution in [0.5, 0.6) is 5.75 Å². The fraction of sp³-hybridized carbons (Fsp3) is 0.538. The Morgan fingerprint density at radius 1 is 1.42 bits per heavy atom. The minimum atomic E-state index is -2.86. The Morgan fingerprint density at radius 3 is 2.74 bits per heavy atom. The summed E-state index contributed by atoms with van der Waals surface area (Å²) in [5.74, 6) is 0.116. The molecule has 3 nitrogen and oxygen atoms in total. The van der Waals surface area contributed by atoms with Crippen molar-refractivity contribution in [3.05, 3.63) is 28.8 Å². The van der Waals surface area contributed by atoms with Crippen LogP contribution in [0.2, 0.25) is 5.02 Å². The van der Waals surface area contributed by atoms with E-state index in [1.165, 1.54) is 12.1 Å². The van der Waals surface area contributed by atoms with Crippen molar-refractivity contribution in [1.29, 1.82) is 0 Å². The third kappa shape index (κ3) is 5.72. The lowest BCUT2D eigenvalue weighted by Crippen LogP contribution is -2.29. The van der Waals surface area contributed by atoms with Gasteiger partial charge in [0.25, 0.3) is 0 Å². The second kappa shape index (κ2) is 8.30. The molecule has 6 heteroatoms. The zero-order valence-corrected chi connectivity index (χ0v) is 11.5. The number of hydrogen-bond acceptors (Lipinski definition) is 3. The van der Waals surface area contributed by atoms with Gasteiger partial charge in [-0.3, -0.25) is 0 Å². The van der Waals surface area contributed by atoms with Gasteiger partial charge in [-0.2, -0.15) is 8.78 Å². The van der Waals surface area contributed by atoms with Crippen LogP contribution >= 0.6 is 11.6 Å². The van der Waals surface area contributed by atoms with Gasteiger partial charge in [0.15, 0.2) is 0 Å². The van der Waals surface area contributed by atoms with Gasteiger partial charge in [0, 0.05) is 29.8 Å². The monoisotopic (exact) mass is 293 g/mol. The van der Waals surface area contributed by atoms with Crippen molar-refractivity contribution in [3.63, 3.8) is 0 Å². The zero-order valence-electron chi connectivity index (χ0n) is 10.7. The summed E-state index contributed by atoms with van der Waals surface area (Å²) in [6, 6.07) is 4.66. The predicted molar refractivity (Wildman–Crippen MR) is 70.7 cm³/mol. The van der Waals surface area contributed by atoms with Gasteiger partial charge in [-0.1, -0.05) is 18.5 Å². The van der Waals surface area contributed by atoms with Gasteiger partial charge in [0.05, 0.1) is 0 Å². The van der Waals surface area contributed by atoms with Crippen LogP contribution in [0.25, 0.3) is 0 Å². The quantitative estimate of drug-likeness (QED) is 0.773. The van der Waals surface area contributed by atoms with Gasteiger partial charge >= 0.3 is 6.61 Å². The number of aliphatic hydroxyl groups is 1. The molecule has 0 spiro atoms. The van der Waals surface area contributed by atoms with E-state index in [0.29, 0.717) is 23.6 Å². The largest absolute Gasteiger partial charge is 0.434 e. The average Bonchev–Trinajstić information content (AvgIpc) is 2.36. The molecule has 2 N–H and O–H groups in total. The van der Waals surface area contributed by atoms with E-state index in [0.717, 1.165) is 6.42 Å². The number of aliphatic hydroxyl groups excluding tert-OH is 1. The van der Waals surface area contributed by atoms with Crippen molar-refractivity contribution in [3.8, 4) is 5.75 Å². The number of halogens is 3. The van der Waals surface area contributed by atoms with Crippen molar-refractivity contribution in [1.82, 2.24) is 5.32 Å². The molecule has 0 fully saturated rings. The Hall–Kier alpha value is -0.910. The van der Waals surface area contributed by atoms with Crippen molar-refractivity contribution < 1.29 is 18.6 Å². The van der Waals surface area contributed by atoms with Crippen LogP contribution in [0.15, 0.2) is 18.2 Å². The molecule has 0 bridgehead atoms. The van der Waals surface area contributed by atoms with Crippen LogP contribution in [-0.2, 0) is 6.54 Å². The summed E-state index contributed by atoms with van der Waals surface area (Å²) in [4.78, 5) is 0. The third-order valence-corrected chi connectivity index (χ3v) is 3.03. The van der Waals surface area contributed by atoms with E-state index >= 15 is 0 Å². The summed E-state index contributed by atoms with van der Waals surface area (Å²) in [7, 11) is 0. The first-order valence-electron chi connectivity index (χ1n) is 6.14. The van der Waals surface area contributed by atoms with Gasteiger partial charge < -0.3 is 15.2 Å². The smallest absolute Gasteiger partial charge is 0.387 e. The fourth-order valence-corrected chi connectivity index (χ4v) is 1.95. The molecule has 0 amide bonds. The third-order valence-electron chi connectivity index (χ3n) is 2.79. The van der Waals surface area contributed by atoms with Crippen LogP contribution in [-0.4, -0.2) is 24.4 Å².